The van der Waals surface area contributed by atoms with Crippen LogP contribution in [0.2, 0.25) is 0 Å². The standard InChI is InChI=1S/C28H22ClN5O8S2/c29-17-12-43-26-21(25(38)34(26)22(17)27(39)40)32-24(37)20(18-13-44-28(31-18)30-14-35)33-41-11-19(36)42-23(15-7-3-1-4-8-15)16-9-5-2-6-10-16/h1-10,13-14,21,23,26H,11-12H2,(H,32,37)(H,39,40)(H,30,31,35)/b33-20+/t21?,26-/m1/s1. The summed E-state index contributed by atoms with van der Waals surface area (Å²) >= 11 is 8.20. The Kier molecular flexibility index (Phi) is 9.57. The average molecular weight is 656 g/mol. The smallest absolute Gasteiger partial charge is 0.353 e. The van der Waals surface area contributed by atoms with Gasteiger partial charge in [0.1, 0.15) is 22.8 Å². The normalized spacial score (nSPS) is 17.8. The van der Waals surface area contributed by atoms with Crippen LogP contribution in [0.1, 0.15) is 22.9 Å². The molecule has 2 aliphatic rings. The van der Waals surface area contributed by atoms with E-state index in [-0.39, 0.29) is 27.3 Å². The van der Waals surface area contributed by atoms with E-state index in [4.69, 9.17) is 21.2 Å². The molecule has 3 N–H and O–H groups in total. The van der Waals surface area contributed by atoms with E-state index < -0.39 is 53.6 Å². The number of thiazole rings is 1. The van der Waals surface area contributed by atoms with Crippen molar-refractivity contribution >= 4 is 75.7 Å². The quantitative estimate of drug-likeness (QED) is 0.0864. The fourth-order valence-corrected chi connectivity index (χ4v) is 6.60. The highest BCUT2D eigenvalue weighted by Crippen LogP contribution is 2.41. The molecule has 2 aliphatic heterocycles. The predicted molar refractivity (Wildman–Crippen MR) is 161 cm³/mol. The van der Waals surface area contributed by atoms with E-state index in [0.717, 1.165) is 27.4 Å². The number of carboxylic acid groups (broad SMARTS) is 1. The van der Waals surface area contributed by atoms with Gasteiger partial charge in [-0.2, -0.15) is 0 Å². The second-order valence-corrected chi connectivity index (χ2v) is 11.5. The van der Waals surface area contributed by atoms with Crippen molar-refractivity contribution in [3.63, 3.8) is 0 Å². The van der Waals surface area contributed by atoms with E-state index in [0.29, 0.717) is 6.41 Å². The number of carboxylic acids is 1. The molecule has 13 nitrogen and oxygen atoms in total. The Balaban J connectivity index is 1.31. The minimum absolute atomic E-state index is 0.00856. The van der Waals surface area contributed by atoms with Crippen molar-refractivity contribution < 1.29 is 38.7 Å². The summed E-state index contributed by atoms with van der Waals surface area (Å²) in [5.41, 5.74) is 0.723. The zero-order chi connectivity index (χ0) is 31.2. The van der Waals surface area contributed by atoms with Crippen LogP contribution >= 0.6 is 34.7 Å². The van der Waals surface area contributed by atoms with Crippen LogP contribution in [0.5, 0.6) is 0 Å². The highest BCUT2D eigenvalue weighted by atomic mass is 35.5. The lowest BCUT2D eigenvalue weighted by atomic mass is 10.0. The molecule has 0 radical (unpaired) electrons. The topological polar surface area (TPSA) is 177 Å². The molecule has 2 atom stereocenters. The van der Waals surface area contributed by atoms with Crippen molar-refractivity contribution in [2.24, 2.45) is 5.16 Å². The van der Waals surface area contributed by atoms with Crippen LogP contribution in [0, 0.1) is 0 Å². The number of hydrogen-bond donors (Lipinski definition) is 3. The first kappa shape index (κ1) is 30.7. The minimum atomic E-state index is -1.36. The number of aliphatic carboxylic acids is 1. The van der Waals surface area contributed by atoms with Gasteiger partial charge in [0.2, 0.25) is 13.0 Å². The van der Waals surface area contributed by atoms with E-state index in [1.165, 1.54) is 17.1 Å². The number of nitrogens with one attached hydrogen (secondary N) is 2. The van der Waals surface area contributed by atoms with E-state index in [1.807, 2.05) is 60.7 Å². The Hall–Kier alpha value is -4.73. The monoisotopic (exact) mass is 655 g/mol. The number of halogens is 1. The summed E-state index contributed by atoms with van der Waals surface area (Å²) in [5.74, 6) is -3.56. The van der Waals surface area contributed by atoms with Crippen molar-refractivity contribution in [2.75, 3.05) is 17.7 Å². The molecular weight excluding hydrogens is 634 g/mol. The van der Waals surface area contributed by atoms with Crippen LogP contribution in [-0.2, 0) is 33.5 Å². The molecule has 3 aromatic rings. The highest BCUT2D eigenvalue weighted by Gasteiger charge is 2.54. The molecule has 3 heterocycles. The summed E-state index contributed by atoms with van der Waals surface area (Å²) in [5, 5.41) is 19.1. The zero-order valence-electron chi connectivity index (χ0n) is 22.4. The molecular formula is C28H22ClN5O8S2. The van der Waals surface area contributed by atoms with Gasteiger partial charge in [0.05, 0.1) is 5.03 Å². The Bertz CT molecular complexity index is 1610. The van der Waals surface area contributed by atoms with Crippen LogP contribution in [0.3, 0.4) is 0 Å². The number of hydrogen-bond acceptors (Lipinski definition) is 11. The summed E-state index contributed by atoms with van der Waals surface area (Å²) < 4.78 is 5.70. The molecule has 44 heavy (non-hydrogen) atoms. The number of carbonyl (C=O) groups is 5. The summed E-state index contributed by atoms with van der Waals surface area (Å²) in [6, 6.07) is 17.1. The predicted octanol–water partition coefficient (Wildman–Crippen LogP) is 2.70. The van der Waals surface area contributed by atoms with Gasteiger partial charge >= 0.3 is 11.9 Å². The number of carbonyl (C=O) groups excluding carboxylic acids is 4. The average Bonchev–Trinajstić information content (AvgIpc) is 3.49. The molecule has 0 aliphatic carbocycles. The number of amides is 3. The maximum absolute atomic E-state index is 13.3. The molecule has 1 fully saturated rings. The van der Waals surface area contributed by atoms with Gasteiger partial charge in [0.15, 0.2) is 16.9 Å². The van der Waals surface area contributed by atoms with Crippen LogP contribution in [0.15, 0.2) is 81.9 Å². The lowest BCUT2D eigenvalue weighted by Crippen LogP contribution is -2.71. The van der Waals surface area contributed by atoms with E-state index in [1.54, 1.807) is 0 Å². The fraction of sp³-hybridized carbons (Fsp3) is 0.179. The Morgan fingerprint density at radius 3 is 2.41 bits per heavy atom. The van der Waals surface area contributed by atoms with Gasteiger partial charge in [-0.25, -0.2) is 14.6 Å². The second-order valence-electron chi connectivity index (χ2n) is 9.12. The Morgan fingerprint density at radius 2 is 1.80 bits per heavy atom. The second kappa shape index (κ2) is 13.7. The molecule has 0 bridgehead atoms. The number of esters is 1. The number of nitrogens with zero attached hydrogens (tertiary/aromatic N) is 3. The zero-order valence-corrected chi connectivity index (χ0v) is 24.8. The van der Waals surface area contributed by atoms with Gasteiger partial charge in [-0.3, -0.25) is 19.3 Å². The van der Waals surface area contributed by atoms with Gasteiger partial charge in [-0.05, 0) is 11.1 Å². The van der Waals surface area contributed by atoms with Gasteiger partial charge in [-0.1, -0.05) is 77.4 Å². The lowest BCUT2D eigenvalue weighted by molar-refractivity contribution is -0.153. The molecule has 16 heteroatoms. The van der Waals surface area contributed by atoms with Gasteiger partial charge in [0.25, 0.3) is 11.8 Å². The molecule has 1 aromatic heterocycles. The molecule has 0 spiro atoms. The number of aromatic nitrogens is 1. The Morgan fingerprint density at radius 1 is 1.14 bits per heavy atom. The number of anilines is 1. The largest absolute Gasteiger partial charge is 0.477 e. The van der Waals surface area contributed by atoms with Crippen molar-refractivity contribution in [2.45, 2.75) is 17.5 Å². The number of β-lactam (4-membered cyclic amide) rings is 1. The summed E-state index contributed by atoms with van der Waals surface area (Å²) in [4.78, 5) is 71.9. The van der Waals surface area contributed by atoms with Crippen molar-refractivity contribution in [1.29, 1.82) is 0 Å². The molecule has 2 aromatic carbocycles. The third-order valence-electron chi connectivity index (χ3n) is 6.35. The number of ether oxygens (including phenoxy) is 1. The third kappa shape index (κ3) is 6.59. The van der Waals surface area contributed by atoms with Crippen LogP contribution < -0.4 is 10.6 Å². The first-order chi connectivity index (χ1) is 21.3. The number of fused-ring (bicyclic) bond motifs is 1. The fourth-order valence-electron chi connectivity index (χ4n) is 4.39. The van der Waals surface area contributed by atoms with Crippen LogP contribution in [0.4, 0.5) is 5.13 Å². The van der Waals surface area contributed by atoms with Crippen LogP contribution in [-0.4, -0.2) is 74.6 Å². The van der Waals surface area contributed by atoms with Gasteiger partial charge in [-0.15, -0.1) is 23.1 Å². The number of oxime groups is 1. The number of thioether (sulfide) groups is 1. The van der Waals surface area contributed by atoms with E-state index in [2.05, 4.69) is 20.8 Å². The first-order valence-electron chi connectivity index (χ1n) is 12.8. The van der Waals surface area contributed by atoms with E-state index >= 15 is 0 Å². The number of benzene rings is 2. The molecule has 1 unspecified atom stereocenters. The first-order valence-corrected chi connectivity index (χ1v) is 15.1. The maximum Gasteiger partial charge on any atom is 0.353 e. The minimum Gasteiger partial charge on any atom is -0.477 e. The Labute approximate surface area is 262 Å². The molecule has 5 rings (SSSR count). The summed E-state index contributed by atoms with van der Waals surface area (Å²) in [6.45, 7) is -0.670. The highest BCUT2D eigenvalue weighted by molar-refractivity contribution is 8.00. The molecule has 226 valence electrons. The number of rotatable bonds is 12. The SMILES string of the molecule is O=CNc1nc(/C(=N\OCC(=O)OC(c2ccccc2)c2ccccc2)C(=O)NC2C(=O)N3C(C(=O)O)=C(Cl)CS[C@H]23)cs1. The van der Waals surface area contributed by atoms with Gasteiger partial charge in [0, 0.05) is 11.1 Å². The van der Waals surface area contributed by atoms with Crippen molar-refractivity contribution in [3.8, 4) is 0 Å². The lowest BCUT2D eigenvalue weighted by Gasteiger charge is -2.48. The summed E-state index contributed by atoms with van der Waals surface area (Å²) in [6.07, 6.45) is -0.322. The maximum atomic E-state index is 13.3. The summed E-state index contributed by atoms with van der Waals surface area (Å²) in [7, 11) is 0. The molecule has 0 saturated carbocycles. The van der Waals surface area contributed by atoms with Crippen molar-refractivity contribution in [3.05, 3.63) is 93.6 Å². The van der Waals surface area contributed by atoms with E-state index in [9.17, 15) is 29.1 Å². The van der Waals surface area contributed by atoms with Crippen LogP contribution in [0.25, 0.3) is 0 Å². The molecule has 3 amide bonds. The van der Waals surface area contributed by atoms with Crippen molar-refractivity contribution in [1.82, 2.24) is 15.2 Å². The van der Waals surface area contributed by atoms with Gasteiger partial charge < -0.3 is 25.3 Å². The third-order valence-corrected chi connectivity index (χ3v) is 8.87. The molecule has 1 saturated heterocycles.